The van der Waals surface area contributed by atoms with E-state index >= 15 is 0 Å². The van der Waals surface area contributed by atoms with Gasteiger partial charge in [-0.05, 0) is 25.7 Å². The van der Waals surface area contributed by atoms with Gasteiger partial charge >= 0.3 is 5.97 Å². The first-order chi connectivity index (χ1) is 10.1. The second-order valence-corrected chi connectivity index (χ2v) is 6.43. The summed E-state index contributed by atoms with van der Waals surface area (Å²) in [6.07, 6.45) is 8.24. The molecule has 124 valence electrons. The zero-order valence-corrected chi connectivity index (χ0v) is 14.1. The molecule has 0 aromatic carbocycles. The van der Waals surface area contributed by atoms with E-state index in [9.17, 15) is 9.90 Å². The molecule has 21 heavy (non-hydrogen) atoms. The molecular formula is C17H33NO3. The average Bonchev–Trinajstić information content (AvgIpc) is 2.72. The Morgan fingerprint density at radius 3 is 2.19 bits per heavy atom. The molecule has 1 aliphatic rings. The summed E-state index contributed by atoms with van der Waals surface area (Å²) in [7, 11) is 1.71. The first-order valence-corrected chi connectivity index (χ1v) is 8.56. The van der Waals surface area contributed by atoms with Crippen LogP contribution in [0.4, 0.5) is 0 Å². The lowest BCUT2D eigenvalue weighted by atomic mass is 9.79. The largest absolute Gasteiger partial charge is 0.481 e. The first-order valence-electron chi connectivity index (χ1n) is 8.56. The van der Waals surface area contributed by atoms with Crippen molar-refractivity contribution in [3.63, 3.8) is 0 Å². The summed E-state index contributed by atoms with van der Waals surface area (Å²) < 4.78 is 5.23. The van der Waals surface area contributed by atoms with Crippen LogP contribution in [0.25, 0.3) is 0 Å². The summed E-state index contributed by atoms with van der Waals surface area (Å²) in [6, 6.07) is 0.458. The highest BCUT2D eigenvalue weighted by Gasteiger charge is 2.40. The van der Waals surface area contributed by atoms with E-state index in [1.165, 1.54) is 12.8 Å². The third kappa shape index (κ3) is 5.26. The van der Waals surface area contributed by atoms with Gasteiger partial charge in [0.05, 0.1) is 12.0 Å². The fraction of sp³-hybridized carbons (Fsp3) is 0.941. The molecule has 0 heterocycles. The van der Waals surface area contributed by atoms with E-state index in [0.717, 1.165) is 45.1 Å². The molecule has 0 atom stereocenters. The highest BCUT2D eigenvalue weighted by Crippen LogP contribution is 2.37. The molecule has 1 N–H and O–H groups in total. The fourth-order valence-corrected chi connectivity index (χ4v) is 3.64. The van der Waals surface area contributed by atoms with E-state index in [2.05, 4.69) is 18.7 Å². The van der Waals surface area contributed by atoms with Crippen molar-refractivity contribution in [2.75, 3.05) is 26.8 Å². The fourth-order valence-electron chi connectivity index (χ4n) is 3.64. The number of hydrogen-bond acceptors (Lipinski definition) is 3. The molecule has 1 saturated carbocycles. The number of methoxy groups -OCH3 is 1. The van der Waals surface area contributed by atoms with Gasteiger partial charge in [-0.1, -0.05) is 39.5 Å². The second kappa shape index (κ2) is 9.42. The molecule has 0 saturated heterocycles. The Morgan fingerprint density at radius 2 is 1.76 bits per heavy atom. The van der Waals surface area contributed by atoms with Crippen molar-refractivity contribution >= 4 is 5.97 Å². The zero-order chi connectivity index (χ0) is 15.7. The van der Waals surface area contributed by atoms with Crippen LogP contribution in [0, 0.1) is 5.41 Å². The number of hydrogen-bond donors (Lipinski definition) is 1. The Balaban J connectivity index is 2.86. The van der Waals surface area contributed by atoms with Crippen LogP contribution >= 0.6 is 0 Å². The third-order valence-electron chi connectivity index (χ3n) is 5.06. The molecular weight excluding hydrogens is 266 g/mol. The van der Waals surface area contributed by atoms with E-state index in [1.54, 1.807) is 7.11 Å². The normalized spacial score (nSPS) is 18.9. The van der Waals surface area contributed by atoms with Crippen molar-refractivity contribution in [3.05, 3.63) is 0 Å². The minimum absolute atomic E-state index is 0.458. The quantitative estimate of drug-likeness (QED) is 0.662. The van der Waals surface area contributed by atoms with Crippen molar-refractivity contribution < 1.29 is 14.6 Å². The summed E-state index contributed by atoms with van der Waals surface area (Å²) >= 11 is 0. The van der Waals surface area contributed by atoms with Crippen molar-refractivity contribution in [1.82, 2.24) is 4.90 Å². The molecule has 4 heteroatoms. The summed E-state index contributed by atoms with van der Waals surface area (Å²) in [5.74, 6) is -0.599. The lowest BCUT2D eigenvalue weighted by Gasteiger charge is -2.38. The Labute approximate surface area is 129 Å². The van der Waals surface area contributed by atoms with Crippen LogP contribution in [0.3, 0.4) is 0 Å². The van der Waals surface area contributed by atoms with Crippen LogP contribution in [0.5, 0.6) is 0 Å². The molecule has 0 radical (unpaired) electrons. The smallest absolute Gasteiger partial charge is 0.310 e. The minimum Gasteiger partial charge on any atom is -0.481 e. The van der Waals surface area contributed by atoms with E-state index in [1.807, 2.05) is 0 Å². The van der Waals surface area contributed by atoms with Gasteiger partial charge in [0, 0.05) is 26.2 Å². The van der Waals surface area contributed by atoms with Gasteiger partial charge in [-0.15, -0.1) is 0 Å². The molecule has 0 aromatic rings. The minimum atomic E-state index is -0.599. The maximum absolute atomic E-state index is 12.0. The molecule has 1 rings (SSSR count). The van der Waals surface area contributed by atoms with Gasteiger partial charge in [0.25, 0.3) is 0 Å². The van der Waals surface area contributed by atoms with E-state index < -0.39 is 11.4 Å². The summed E-state index contributed by atoms with van der Waals surface area (Å²) in [6.45, 7) is 6.56. The number of carbonyl (C=O) groups is 1. The highest BCUT2D eigenvalue weighted by molar-refractivity contribution is 5.75. The third-order valence-corrected chi connectivity index (χ3v) is 5.06. The van der Waals surface area contributed by atoms with Gasteiger partial charge in [-0.2, -0.15) is 0 Å². The van der Waals surface area contributed by atoms with Crippen LogP contribution < -0.4 is 0 Å². The topological polar surface area (TPSA) is 49.8 Å². The Morgan fingerprint density at radius 1 is 1.19 bits per heavy atom. The van der Waals surface area contributed by atoms with Crippen molar-refractivity contribution in [2.24, 2.45) is 5.41 Å². The van der Waals surface area contributed by atoms with Gasteiger partial charge in [0.1, 0.15) is 0 Å². The number of nitrogens with zero attached hydrogens (tertiary/aromatic N) is 1. The van der Waals surface area contributed by atoms with Crippen LogP contribution in [0.1, 0.15) is 65.2 Å². The number of aliphatic carboxylic acids is 1. The first kappa shape index (κ1) is 18.4. The number of rotatable bonds is 9. The summed E-state index contributed by atoms with van der Waals surface area (Å²) in [5.41, 5.74) is -0.549. The van der Waals surface area contributed by atoms with Crippen LogP contribution in [-0.4, -0.2) is 48.8 Å². The SMILES string of the molecule is CCC(CC)N(CCOC)CC1(C(=O)O)CCCCCC1. The van der Waals surface area contributed by atoms with Gasteiger partial charge in [0.15, 0.2) is 0 Å². The van der Waals surface area contributed by atoms with Crippen LogP contribution in [0.2, 0.25) is 0 Å². The van der Waals surface area contributed by atoms with Crippen LogP contribution in [0.15, 0.2) is 0 Å². The monoisotopic (exact) mass is 299 g/mol. The molecule has 0 spiro atoms. The lowest BCUT2D eigenvalue weighted by Crippen LogP contribution is -2.48. The zero-order valence-electron chi connectivity index (χ0n) is 14.1. The van der Waals surface area contributed by atoms with E-state index in [4.69, 9.17) is 4.74 Å². The van der Waals surface area contributed by atoms with E-state index in [0.29, 0.717) is 19.2 Å². The van der Waals surface area contributed by atoms with Crippen molar-refractivity contribution in [2.45, 2.75) is 71.3 Å². The van der Waals surface area contributed by atoms with E-state index in [-0.39, 0.29) is 0 Å². The van der Waals surface area contributed by atoms with Crippen molar-refractivity contribution in [1.29, 1.82) is 0 Å². The molecule has 0 aromatic heterocycles. The molecule has 0 amide bonds. The predicted octanol–water partition coefficient (Wildman–Crippen LogP) is 3.55. The summed E-state index contributed by atoms with van der Waals surface area (Å²) in [5, 5.41) is 9.86. The van der Waals surface area contributed by atoms with Crippen LogP contribution in [-0.2, 0) is 9.53 Å². The summed E-state index contributed by atoms with van der Waals surface area (Å²) in [4.78, 5) is 14.3. The van der Waals surface area contributed by atoms with Gasteiger partial charge in [-0.25, -0.2) is 0 Å². The molecule has 0 bridgehead atoms. The molecule has 0 aliphatic heterocycles. The maximum atomic E-state index is 12.0. The molecule has 0 unspecified atom stereocenters. The second-order valence-electron chi connectivity index (χ2n) is 6.43. The van der Waals surface area contributed by atoms with Gasteiger partial charge in [0.2, 0.25) is 0 Å². The number of carboxylic acid groups (broad SMARTS) is 1. The predicted molar refractivity (Wildman–Crippen MR) is 85.6 cm³/mol. The molecule has 4 nitrogen and oxygen atoms in total. The molecule has 1 fully saturated rings. The highest BCUT2D eigenvalue weighted by atomic mass is 16.5. The Kier molecular flexibility index (Phi) is 8.27. The molecule has 1 aliphatic carbocycles. The van der Waals surface area contributed by atoms with Gasteiger partial charge in [-0.3, -0.25) is 9.69 Å². The number of carboxylic acids is 1. The Bertz CT molecular complexity index is 294. The average molecular weight is 299 g/mol. The van der Waals surface area contributed by atoms with Crippen molar-refractivity contribution in [3.8, 4) is 0 Å². The Hall–Kier alpha value is -0.610. The lowest BCUT2D eigenvalue weighted by molar-refractivity contribution is -0.152. The standard InChI is InChI=1S/C17H33NO3/c1-4-15(5-2)18(12-13-21-3)14-17(16(19)20)10-8-6-7-9-11-17/h15H,4-14H2,1-3H3,(H,19,20). The van der Waals surface area contributed by atoms with Gasteiger partial charge < -0.3 is 9.84 Å². The number of ether oxygens (including phenoxy) is 1. The maximum Gasteiger partial charge on any atom is 0.310 e.